The van der Waals surface area contributed by atoms with E-state index in [-0.39, 0.29) is 0 Å². The zero-order valence-electron chi connectivity index (χ0n) is 10.0. The highest BCUT2D eigenvalue weighted by molar-refractivity contribution is 7.26. The Labute approximate surface area is 113 Å². The molecule has 18 heavy (non-hydrogen) atoms. The van der Waals surface area contributed by atoms with Crippen molar-refractivity contribution < 1.29 is 5.11 Å². The van der Waals surface area contributed by atoms with E-state index < -0.39 is 6.10 Å². The predicted molar refractivity (Wildman–Crippen MR) is 76.3 cm³/mol. The molecule has 3 nitrogen and oxygen atoms in total. The van der Waals surface area contributed by atoms with Gasteiger partial charge in [0.2, 0.25) is 0 Å². The quantitative estimate of drug-likeness (QED) is 0.791. The van der Waals surface area contributed by atoms with Gasteiger partial charge in [-0.15, -0.1) is 22.7 Å². The van der Waals surface area contributed by atoms with Crippen LogP contribution >= 0.6 is 22.7 Å². The Morgan fingerprint density at radius 2 is 2.33 bits per heavy atom. The zero-order chi connectivity index (χ0) is 12.5. The second-order valence-corrected chi connectivity index (χ2v) is 6.30. The van der Waals surface area contributed by atoms with Gasteiger partial charge in [-0.05, 0) is 23.9 Å². The molecule has 0 saturated heterocycles. The molecule has 94 valence electrons. The Kier molecular flexibility index (Phi) is 3.20. The molecule has 0 aliphatic heterocycles. The molecule has 1 atom stereocenters. The Balaban J connectivity index is 1.88. The number of nitrogens with zero attached hydrogens (tertiary/aromatic N) is 2. The van der Waals surface area contributed by atoms with Crippen molar-refractivity contribution in [3.8, 4) is 0 Å². The summed E-state index contributed by atoms with van der Waals surface area (Å²) in [5, 5.41) is 16.7. The van der Waals surface area contributed by atoms with Crippen molar-refractivity contribution in [2.45, 2.75) is 26.0 Å². The maximum absolute atomic E-state index is 10.4. The van der Waals surface area contributed by atoms with Gasteiger partial charge in [-0.25, -0.2) is 0 Å². The first kappa shape index (κ1) is 11.9. The molecule has 3 heterocycles. The first-order valence-corrected chi connectivity index (χ1v) is 7.65. The van der Waals surface area contributed by atoms with Gasteiger partial charge in [-0.1, -0.05) is 6.92 Å². The van der Waals surface area contributed by atoms with Gasteiger partial charge in [-0.2, -0.15) is 5.10 Å². The first-order chi connectivity index (χ1) is 8.78. The number of aliphatic hydroxyl groups excluding tert-OH is 1. The van der Waals surface area contributed by atoms with E-state index in [2.05, 4.69) is 29.5 Å². The van der Waals surface area contributed by atoms with Crippen LogP contribution in [-0.2, 0) is 6.54 Å². The van der Waals surface area contributed by atoms with Gasteiger partial charge in [0.15, 0.2) is 0 Å². The van der Waals surface area contributed by atoms with Crippen molar-refractivity contribution in [2.75, 3.05) is 0 Å². The molecule has 3 rings (SSSR count). The number of aryl methyl sites for hydroxylation is 1. The minimum Gasteiger partial charge on any atom is -0.383 e. The summed E-state index contributed by atoms with van der Waals surface area (Å²) >= 11 is 3.37. The molecule has 0 fully saturated rings. The maximum atomic E-state index is 10.4. The van der Waals surface area contributed by atoms with Crippen molar-refractivity contribution in [3.05, 3.63) is 40.3 Å². The van der Waals surface area contributed by atoms with E-state index in [1.54, 1.807) is 28.9 Å². The van der Waals surface area contributed by atoms with E-state index >= 15 is 0 Å². The predicted octanol–water partition coefficient (Wildman–Crippen LogP) is 3.65. The fourth-order valence-corrected chi connectivity index (χ4v) is 4.09. The summed E-state index contributed by atoms with van der Waals surface area (Å²) in [6, 6.07) is 4.17. The summed E-state index contributed by atoms with van der Waals surface area (Å²) in [4.78, 5) is 0.993. The molecule has 0 amide bonds. The van der Waals surface area contributed by atoms with Crippen molar-refractivity contribution >= 4 is 32.1 Å². The van der Waals surface area contributed by atoms with Crippen LogP contribution in [0, 0.1) is 0 Å². The number of hydrogen-bond donors (Lipinski definition) is 1. The van der Waals surface area contributed by atoms with Gasteiger partial charge in [0.25, 0.3) is 0 Å². The Morgan fingerprint density at radius 1 is 1.44 bits per heavy atom. The van der Waals surface area contributed by atoms with Gasteiger partial charge in [0.1, 0.15) is 6.10 Å². The van der Waals surface area contributed by atoms with Gasteiger partial charge in [-0.3, -0.25) is 4.68 Å². The van der Waals surface area contributed by atoms with Crippen LogP contribution in [0.2, 0.25) is 0 Å². The summed E-state index contributed by atoms with van der Waals surface area (Å²) in [7, 11) is 0. The number of aromatic nitrogens is 2. The topological polar surface area (TPSA) is 38.0 Å². The standard InChI is InChI=1S/C13H14N2OS2/c1-2-4-15-8-9(7-14-15)13(16)12-6-11-10(18-12)3-5-17-11/h3,5-8,13,16H,2,4H2,1H3. The van der Waals surface area contributed by atoms with Crippen LogP contribution in [0.4, 0.5) is 0 Å². The van der Waals surface area contributed by atoms with E-state index in [9.17, 15) is 5.11 Å². The van der Waals surface area contributed by atoms with E-state index in [4.69, 9.17) is 0 Å². The number of thiophene rings is 2. The number of aliphatic hydroxyl groups is 1. The second-order valence-electron chi connectivity index (χ2n) is 4.24. The fraction of sp³-hybridized carbons (Fsp3) is 0.308. The smallest absolute Gasteiger partial charge is 0.116 e. The lowest BCUT2D eigenvalue weighted by Gasteiger charge is -2.04. The molecular weight excluding hydrogens is 264 g/mol. The average molecular weight is 278 g/mol. The summed E-state index contributed by atoms with van der Waals surface area (Å²) in [6.45, 7) is 3.01. The van der Waals surface area contributed by atoms with E-state index in [0.29, 0.717) is 0 Å². The van der Waals surface area contributed by atoms with E-state index in [0.717, 1.165) is 23.4 Å². The fourth-order valence-electron chi connectivity index (χ4n) is 1.96. The van der Waals surface area contributed by atoms with Gasteiger partial charge in [0.05, 0.1) is 6.20 Å². The summed E-state index contributed by atoms with van der Waals surface area (Å²) in [5.41, 5.74) is 0.873. The molecule has 1 N–H and O–H groups in total. The van der Waals surface area contributed by atoms with Crippen LogP contribution in [-0.4, -0.2) is 14.9 Å². The van der Waals surface area contributed by atoms with Gasteiger partial charge >= 0.3 is 0 Å². The molecule has 0 saturated carbocycles. The Bertz CT molecular complexity index is 624. The molecular formula is C13H14N2OS2. The molecule has 1 unspecified atom stereocenters. The molecule has 3 aromatic rings. The van der Waals surface area contributed by atoms with Crippen molar-refractivity contribution in [1.29, 1.82) is 0 Å². The third-order valence-corrected chi connectivity index (χ3v) is 5.00. The second kappa shape index (κ2) is 4.84. The maximum Gasteiger partial charge on any atom is 0.116 e. The Hall–Kier alpha value is -1.17. The van der Waals surface area contributed by atoms with Crippen LogP contribution in [0.25, 0.3) is 9.40 Å². The Morgan fingerprint density at radius 3 is 3.11 bits per heavy atom. The minimum absolute atomic E-state index is 0.555. The minimum atomic E-state index is -0.555. The normalized spacial score (nSPS) is 13.2. The van der Waals surface area contributed by atoms with Crippen LogP contribution in [0.5, 0.6) is 0 Å². The molecule has 3 aromatic heterocycles. The number of hydrogen-bond acceptors (Lipinski definition) is 4. The van der Waals surface area contributed by atoms with Crippen LogP contribution in [0.1, 0.15) is 29.9 Å². The zero-order valence-corrected chi connectivity index (χ0v) is 11.7. The third-order valence-electron chi connectivity index (χ3n) is 2.85. The van der Waals surface area contributed by atoms with Crippen LogP contribution in [0.15, 0.2) is 29.9 Å². The van der Waals surface area contributed by atoms with Crippen LogP contribution in [0.3, 0.4) is 0 Å². The lowest BCUT2D eigenvalue weighted by atomic mass is 10.2. The summed E-state index contributed by atoms with van der Waals surface area (Å²) in [6.07, 6.45) is 4.18. The third kappa shape index (κ3) is 2.09. The molecule has 0 aliphatic carbocycles. The van der Waals surface area contributed by atoms with Crippen molar-refractivity contribution in [1.82, 2.24) is 9.78 Å². The SMILES string of the molecule is CCCn1cc(C(O)c2cc3sccc3s2)cn1. The molecule has 5 heteroatoms. The molecule has 0 radical (unpaired) electrons. The van der Waals surface area contributed by atoms with Crippen LogP contribution < -0.4 is 0 Å². The average Bonchev–Trinajstić information content (AvgIpc) is 3.02. The van der Waals surface area contributed by atoms with E-state index in [1.807, 2.05) is 10.9 Å². The largest absolute Gasteiger partial charge is 0.383 e. The van der Waals surface area contributed by atoms with Crippen molar-refractivity contribution in [2.24, 2.45) is 0 Å². The number of rotatable bonds is 4. The monoisotopic (exact) mass is 278 g/mol. The number of fused-ring (bicyclic) bond motifs is 1. The molecule has 0 aliphatic rings. The highest BCUT2D eigenvalue weighted by atomic mass is 32.1. The lowest BCUT2D eigenvalue weighted by molar-refractivity contribution is 0.224. The molecule has 0 spiro atoms. The summed E-state index contributed by atoms with van der Waals surface area (Å²) < 4.78 is 4.37. The van der Waals surface area contributed by atoms with Gasteiger partial charge < -0.3 is 5.11 Å². The highest BCUT2D eigenvalue weighted by Gasteiger charge is 2.16. The molecule has 0 aromatic carbocycles. The first-order valence-electron chi connectivity index (χ1n) is 5.95. The summed E-state index contributed by atoms with van der Waals surface area (Å²) in [5.74, 6) is 0. The lowest BCUT2D eigenvalue weighted by Crippen LogP contribution is -1.97. The van der Waals surface area contributed by atoms with Gasteiger partial charge in [0, 0.05) is 32.6 Å². The molecule has 0 bridgehead atoms. The highest BCUT2D eigenvalue weighted by Crippen LogP contribution is 2.35. The van der Waals surface area contributed by atoms with Crippen molar-refractivity contribution in [3.63, 3.8) is 0 Å². The van der Waals surface area contributed by atoms with E-state index in [1.165, 1.54) is 9.40 Å².